The predicted octanol–water partition coefficient (Wildman–Crippen LogP) is 1.28. The number of nitro benzene ring substituents is 1. The summed E-state index contributed by atoms with van der Waals surface area (Å²) in [6.07, 6.45) is 1.31. The van der Waals surface area contributed by atoms with Gasteiger partial charge in [-0.3, -0.25) is 24.5 Å². The van der Waals surface area contributed by atoms with E-state index in [0.29, 0.717) is 12.2 Å². The Morgan fingerprint density at radius 3 is 2.86 bits per heavy atom. The van der Waals surface area contributed by atoms with E-state index >= 15 is 0 Å². The molecule has 1 saturated heterocycles. The number of amides is 1. The number of hydrogen-bond acceptors (Lipinski definition) is 8. The summed E-state index contributed by atoms with van der Waals surface area (Å²) in [4.78, 5) is 47.0. The first-order valence-electron chi connectivity index (χ1n) is 8.88. The molecule has 0 unspecified atom stereocenters. The van der Waals surface area contributed by atoms with Crippen LogP contribution < -0.4 is 10.1 Å². The zero-order valence-corrected chi connectivity index (χ0v) is 15.0. The van der Waals surface area contributed by atoms with Crippen LogP contribution in [0.4, 0.5) is 11.4 Å². The van der Waals surface area contributed by atoms with Gasteiger partial charge in [-0.2, -0.15) is 0 Å². The molecule has 1 amide bonds. The molecule has 28 heavy (non-hydrogen) atoms. The Hall–Kier alpha value is -3.17. The summed E-state index contributed by atoms with van der Waals surface area (Å²) in [6, 6.07) is 3.91. The minimum Gasteiger partial charge on any atom is -0.497 e. The van der Waals surface area contributed by atoms with Crippen molar-refractivity contribution in [3.8, 4) is 5.75 Å². The molecule has 1 aliphatic heterocycles. The van der Waals surface area contributed by atoms with Crippen LogP contribution in [0.25, 0.3) is 0 Å². The smallest absolute Gasteiger partial charge is 0.310 e. The fraction of sp³-hybridized carbons (Fsp3) is 0.500. The van der Waals surface area contributed by atoms with Crippen molar-refractivity contribution in [1.29, 1.82) is 0 Å². The Labute approximate surface area is 159 Å². The molecule has 3 aliphatic rings. The van der Waals surface area contributed by atoms with Crippen molar-refractivity contribution >= 4 is 29.2 Å². The molecule has 0 aromatic heterocycles. The number of nitrogens with zero attached hydrogens (tertiary/aromatic N) is 1. The summed E-state index contributed by atoms with van der Waals surface area (Å²) in [6.45, 7) is -0.605. The van der Waals surface area contributed by atoms with Gasteiger partial charge in [-0.15, -0.1) is 0 Å². The summed E-state index contributed by atoms with van der Waals surface area (Å²) < 4.78 is 15.4. The summed E-state index contributed by atoms with van der Waals surface area (Å²) in [5, 5.41) is 13.5. The zero-order valence-electron chi connectivity index (χ0n) is 15.0. The fourth-order valence-electron chi connectivity index (χ4n) is 4.65. The topological polar surface area (TPSA) is 134 Å². The number of fused-ring (bicyclic) bond motifs is 1. The molecule has 5 atom stereocenters. The molecule has 4 rings (SSSR count). The van der Waals surface area contributed by atoms with Gasteiger partial charge in [-0.25, -0.2) is 0 Å². The number of nitro groups is 1. The maximum absolute atomic E-state index is 12.5. The number of anilines is 1. The van der Waals surface area contributed by atoms with E-state index in [2.05, 4.69) is 5.32 Å². The van der Waals surface area contributed by atoms with Crippen molar-refractivity contribution in [3.05, 3.63) is 28.3 Å². The van der Waals surface area contributed by atoms with E-state index in [-0.39, 0.29) is 35.3 Å². The molecule has 2 saturated carbocycles. The van der Waals surface area contributed by atoms with E-state index in [4.69, 9.17) is 14.2 Å². The number of nitrogens with one attached hydrogen (secondary N) is 1. The van der Waals surface area contributed by atoms with Crippen molar-refractivity contribution in [2.45, 2.75) is 18.9 Å². The lowest BCUT2D eigenvalue weighted by Gasteiger charge is -2.22. The Kier molecular flexibility index (Phi) is 4.40. The van der Waals surface area contributed by atoms with Gasteiger partial charge in [0.15, 0.2) is 6.61 Å². The van der Waals surface area contributed by atoms with Crippen LogP contribution in [0.3, 0.4) is 0 Å². The lowest BCUT2D eigenvalue weighted by molar-refractivity contribution is -0.383. The summed E-state index contributed by atoms with van der Waals surface area (Å²) in [7, 11) is 1.39. The van der Waals surface area contributed by atoms with E-state index in [1.54, 1.807) is 0 Å². The van der Waals surface area contributed by atoms with Crippen LogP contribution in [0, 0.1) is 33.8 Å². The van der Waals surface area contributed by atoms with E-state index in [9.17, 15) is 24.5 Å². The van der Waals surface area contributed by atoms with Crippen LogP contribution in [0.5, 0.6) is 5.75 Å². The van der Waals surface area contributed by atoms with Gasteiger partial charge in [0, 0.05) is 18.1 Å². The second kappa shape index (κ2) is 6.77. The number of hydrogen-bond donors (Lipinski definition) is 1. The minimum atomic E-state index is -0.722. The van der Waals surface area contributed by atoms with Gasteiger partial charge < -0.3 is 19.5 Å². The van der Waals surface area contributed by atoms with E-state index < -0.39 is 35.2 Å². The van der Waals surface area contributed by atoms with E-state index in [1.165, 1.54) is 25.3 Å². The molecule has 3 fully saturated rings. The molecule has 1 aromatic rings. The molecule has 2 aliphatic carbocycles. The fourth-order valence-corrected chi connectivity index (χ4v) is 4.65. The summed E-state index contributed by atoms with van der Waals surface area (Å²) in [5.74, 6) is -2.36. The van der Waals surface area contributed by atoms with Crippen molar-refractivity contribution in [2.24, 2.45) is 23.7 Å². The van der Waals surface area contributed by atoms with Gasteiger partial charge in [0.1, 0.15) is 17.5 Å². The third-order valence-corrected chi connectivity index (χ3v) is 5.78. The number of esters is 2. The Balaban J connectivity index is 1.38. The van der Waals surface area contributed by atoms with Crippen LogP contribution >= 0.6 is 0 Å². The van der Waals surface area contributed by atoms with Crippen LogP contribution in [-0.2, 0) is 23.9 Å². The number of carbonyl (C=O) groups excluding carboxylic acids is 3. The average molecular weight is 390 g/mol. The average Bonchev–Trinajstić information content (AvgIpc) is 3.28. The third kappa shape index (κ3) is 2.94. The lowest BCUT2D eigenvalue weighted by Crippen LogP contribution is -2.35. The largest absolute Gasteiger partial charge is 0.497 e. The lowest BCUT2D eigenvalue weighted by atomic mass is 9.80. The standard InChI is InChI=1S/C18H18N2O8/c1-26-9-2-3-12(20(24)25)11(6-9)19-14(21)7-27-17(22)15-8-4-10-13(5-8)28-18(23)16(10)15/h2-3,6,8,10,13,15-16H,4-5,7H2,1H3,(H,19,21)/t8-,10+,13-,15+,16+/m1/s1. The highest BCUT2D eigenvalue weighted by molar-refractivity contribution is 5.95. The number of benzene rings is 1. The highest BCUT2D eigenvalue weighted by Crippen LogP contribution is 2.57. The number of rotatable bonds is 6. The Bertz CT molecular complexity index is 867. The molecule has 10 heteroatoms. The quantitative estimate of drug-likeness (QED) is 0.436. The second-order valence-electron chi connectivity index (χ2n) is 7.22. The molecule has 0 radical (unpaired) electrons. The van der Waals surface area contributed by atoms with Gasteiger partial charge in [-0.1, -0.05) is 0 Å². The summed E-state index contributed by atoms with van der Waals surface area (Å²) >= 11 is 0. The van der Waals surface area contributed by atoms with Crippen molar-refractivity contribution in [2.75, 3.05) is 19.0 Å². The Morgan fingerprint density at radius 2 is 2.14 bits per heavy atom. The van der Waals surface area contributed by atoms with E-state index in [0.717, 1.165) is 6.42 Å². The van der Waals surface area contributed by atoms with Crippen LogP contribution in [0.2, 0.25) is 0 Å². The Morgan fingerprint density at radius 1 is 1.36 bits per heavy atom. The highest BCUT2D eigenvalue weighted by atomic mass is 16.6. The molecular formula is C18H18N2O8. The predicted molar refractivity (Wildman–Crippen MR) is 92.3 cm³/mol. The SMILES string of the molecule is COc1ccc([N+](=O)[O-])c(NC(=O)COC(=O)[C@H]2[C@@H]3C[C@@H]4[C@@H]2C(=O)O[C@@H]4C3)c1. The second-order valence-corrected chi connectivity index (χ2v) is 7.22. The van der Waals surface area contributed by atoms with Crippen molar-refractivity contribution in [1.82, 2.24) is 0 Å². The summed E-state index contributed by atoms with van der Waals surface area (Å²) in [5.41, 5.74) is -0.374. The first kappa shape index (κ1) is 18.2. The number of methoxy groups -OCH3 is 1. The molecule has 0 spiro atoms. The molecular weight excluding hydrogens is 372 g/mol. The minimum absolute atomic E-state index is 0.0292. The monoisotopic (exact) mass is 390 g/mol. The van der Waals surface area contributed by atoms with Gasteiger partial charge in [0.05, 0.1) is 23.9 Å². The van der Waals surface area contributed by atoms with Gasteiger partial charge in [-0.05, 0) is 24.8 Å². The van der Waals surface area contributed by atoms with Crippen molar-refractivity contribution < 1.29 is 33.5 Å². The van der Waals surface area contributed by atoms with Gasteiger partial charge >= 0.3 is 11.9 Å². The normalized spacial score (nSPS) is 29.3. The zero-order chi connectivity index (χ0) is 20.0. The van der Waals surface area contributed by atoms with Crippen molar-refractivity contribution in [3.63, 3.8) is 0 Å². The molecule has 1 heterocycles. The third-order valence-electron chi connectivity index (χ3n) is 5.78. The van der Waals surface area contributed by atoms with Crippen LogP contribution in [0.15, 0.2) is 18.2 Å². The molecule has 1 aromatic carbocycles. The van der Waals surface area contributed by atoms with Gasteiger partial charge in [0.25, 0.3) is 11.6 Å². The molecule has 148 valence electrons. The first-order valence-corrected chi connectivity index (χ1v) is 8.88. The van der Waals surface area contributed by atoms with Gasteiger partial charge in [0.2, 0.25) is 0 Å². The number of ether oxygens (including phenoxy) is 3. The van der Waals surface area contributed by atoms with E-state index in [1.807, 2.05) is 0 Å². The van der Waals surface area contributed by atoms with Crippen LogP contribution in [0.1, 0.15) is 12.8 Å². The molecule has 10 nitrogen and oxygen atoms in total. The first-order chi connectivity index (χ1) is 13.4. The molecule has 2 bridgehead atoms. The maximum Gasteiger partial charge on any atom is 0.310 e. The molecule has 1 N–H and O–H groups in total. The number of carbonyl (C=O) groups is 3. The van der Waals surface area contributed by atoms with Crippen LogP contribution in [-0.4, -0.2) is 42.6 Å². The maximum atomic E-state index is 12.5. The highest BCUT2D eigenvalue weighted by Gasteiger charge is 2.64.